The first-order valence-electron chi connectivity index (χ1n) is 4.36. The fourth-order valence-corrected chi connectivity index (χ4v) is 1.58. The molecule has 94 valence electrons. The molecular weight excluding hydrogens is 256 g/mol. The van der Waals surface area contributed by atoms with Crippen LogP contribution in [0.2, 0.25) is 0 Å². The Balaban J connectivity index is 3.03. The van der Waals surface area contributed by atoms with Crippen LogP contribution in [0.5, 0.6) is 0 Å². The van der Waals surface area contributed by atoms with Gasteiger partial charge in [-0.25, -0.2) is 26.7 Å². The minimum Gasteiger partial charge on any atom is -0.477 e. The Labute approximate surface area is 96.1 Å². The number of rotatable bonds is 4. The summed E-state index contributed by atoms with van der Waals surface area (Å²) in [6, 6.07) is 1.54. The van der Waals surface area contributed by atoms with E-state index in [0.717, 1.165) is 18.4 Å². The SMILES string of the molecule is CS(=O)(=O)NCc1cc(F)c(C(=O)O)c(F)c1. The van der Waals surface area contributed by atoms with Crippen LogP contribution in [0.3, 0.4) is 0 Å². The molecule has 0 aliphatic rings. The van der Waals surface area contributed by atoms with Crippen LogP contribution < -0.4 is 4.72 Å². The van der Waals surface area contributed by atoms with Crippen molar-refractivity contribution in [1.29, 1.82) is 0 Å². The molecule has 0 saturated heterocycles. The Hall–Kier alpha value is -1.54. The van der Waals surface area contributed by atoms with Gasteiger partial charge < -0.3 is 5.11 Å². The van der Waals surface area contributed by atoms with Gasteiger partial charge in [0.1, 0.15) is 17.2 Å². The van der Waals surface area contributed by atoms with Crippen molar-refractivity contribution in [3.8, 4) is 0 Å². The molecule has 17 heavy (non-hydrogen) atoms. The highest BCUT2D eigenvalue weighted by Gasteiger charge is 2.17. The average Bonchev–Trinajstić information content (AvgIpc) is 2.11. The molecule has 1 aromatic rings. The summed E-state index contributed by atoms with van der Waals surface area (Å²) in [5.74, 6) is -4.21. The number of carboxylic acids is 1. The molecule has 0 atom stereocenters. The maximum absolute atomic E-state index is 13.2. The number of aromatic carboxylic acids is 1. The van der Waals surface area contributed by atoms with E-state index in [1.165, 1.54) is 0 Å². The summed E-state index contributed by atoms with van der Waals surface area (Å²) in [4.78, 5) is 10.5. The monoisotopic (exact) mass is 265 g/mol. The van der Waals surface area contributed by atoms with Crippen LogP contribution in [0.1, 0.15) is 15.9 Å². The highest BCUT2D eigenvalue weighted by molar-refractivity contribution is 7.88. The zero-order chi connectivity index (χ0) is 13.2. The van der Waals surface area contributed by atoms with Gasteiger partial charge in [0, 0.05) is 6.54 Å². The summed E-state index contributed by atoms with van der Waals surface area (Å²) in [6.07, 6.45) is 0.894. The molecule has 0 aliphatic heterocycles. The van der Waals surface area contributed by atoms with Gasteiger partial charge in [-0.3, -0.25) is 0 Å². The Bertz CT molecular complexity index is 533. The summed E-state index contributed by atoms with van der Waals surface area (Å²) < 4.78 is 49.9. The van der Waals surface area contributed by atoms with Crippen LogP contribution in [-0.2, 0) is 16.6 Å². The third kappa shape index (κ3) is 3.75. The number of sulfonamides is 1. The van der Waals surface area contributed by atoms with E-state index in [1.807, 2.05) is 4.72 Å². The lowest BCUT2D eigenvalue weighted by atomic mass is 10.1. The first-order valence-corrected chi connectivity index (χ1v) is 6.25. The maximum atomic E-state index is 13.2. The minimum absolute atomic E-state index is 0.00424. The molecule has 0 saturated carbocycles. The Morgan fingerprint density at radius 3 is 2.18 bits per heavy atom. The van der Waals surface area contributed by atoms with Crippen molar-refractivity contribution in [2.45, 2.75) is 6.54 Å². The summed E-state index contributed by atoms with van der Waals surface area (Å²) in [7, 11) is -3.49. The van der Waals surface area contributed by atoms with Gasteiger partial charge in [0.25, 0.3) is 0 Å². The maximum Gasteiger partial charge on any atom is 0.341 e. The van der Waals surface area contributed by atoms with Crippen LogP contribution in [-0.4, -0.2) is 25.7 Å². The zero-order valence-electron chi connectivity index (χ0n) is 8.70. The Morgan fingerprint density at radius 2 is 1.82 bits per heavy atom. The predicted octanol–water partition coefficient (Wildman–Crippen LogP) is 0.712. The smallest absolute Gasteiger partial charge is 0.341 e. The Morgan fingerprint density at radius 1 is 1.35 bits per heavy atom. The number of hydrogen-bond acceptors (Lipinski definition) is 3. The molecule has 1 rings (SSSR count). The highest BCUT2D eigenvalue weighted by Crippen LogP contribution is 2.15. The van der Waals surface area contributed by atoms with Crippen LogP contribution in [0.4, 0.5) is 8.78 Å². The molecule has 0 radical (unpaired) electrons. The van der Waals surface area contributed by atoms with E-state index >= 15 is 0 Å². The lowest BCUT2D eigenvalue weighted by Gasteiger charge is -2.05. The predicted molar refractivity (Wildman–Crippen MR) is 55.0 cm³/mol. The fourth-order valence-electron chi connectivity index (χ4n) is 1.15. The highest BCUT2D eigenvalue weighted by atomic mass is 32.2. The second-order valence-electron chi connectivity index (χ2n) is 3.33. The third-order valence-electron chi connectivity index (χ3n) is 1.85. The standard InChI is InChI=1S/C9H9F2NO4S/c1-17(15,16)12-4-5-2-6(10)8(9(13)14)7(11)3-5/h2-3,12H,4H2,1H3,(H,13,14). The number of benzene rings is 1. The second kappa shape index (κ2) is 4.76. The average molecular weight is 265 g/mol. The van der Waals surface area contributed by atoms with Crippen molar-refractivity contribution in [1.82, 2.24) is 4.72 Å². The van der Waals surface area contributed by atoms with Crippen molar-refractivity contribution in [3.63, 3.8) is 0 Å². The molecule has 5 nitrogen and oxygen atoms in total. The van der Waals surface area contributed by atoms with Crippen molar-refractivity contribution >= 4 is 16.0 Å². The largest absolute Gasteiger partial charge is 0.477 e. The fraction of sp³-hybridized carbons (Fsp3) is 0.222. The van der Waals surface area contributed by atoms with Gasteiger partial charge in [0.2, 0.25) is 10.0 Å². The Kier molecular flexibility index (Phi) is 3.79. The molecule has 8 heteroatoms. The lowest BCUT2D eigenvalue weighted by molar-refractivity contribution is 0.0686. The molecule has 0 spiro atoms. The molecule has 1 aromatic carbocycles. The van der Waals surface area contributed by atoms with Crippen molar-refractivity contribution < 1.29 is 27.1 Å². The summed E-state index contributed by atoms with van der Waals surface area (Å²) >= 11 is 0. The topological polar surface area (TPSA) is 83.5 Å². The van der Waals surface area contributed by atoms with Gasteiger partial charge in [-0.1, -0.05) is 0 Å². The molecule has 0 amide bonds. The van der Waals surface area contributed by atoms with E-state index < -0.39 is 33.2 Å². The van der Waals surface area contributed by atoms with Crippen LogP contribution in [0.15, 0.2) is 12.1 Å². The molecule has 0 unspecified atom stereocenters. The van der Waals surface area contributed by atoms with Gasteiger partial charge in [-0.2, -0.15) is 0 Å². The van der Waals surface area contributed by atoms with Crippen molar-refractivity contribution in [3.05, 3.63) is 34.9 Å². The first-order chi connectivity index (χ1) is 7.70. The number of hydrogen-bond donors (Lipinski definition) is 2. The van der Waals surface area contributed by atoms with E-state index in [1.54, 1.807) is 0 Å². The summed E-state index contributed by atoms with van der Waals surface area (Å²) in [5.41, 5.74) is -1.07. The van der Waals surface area contributed by atoms with Crippen LogP contribution in [0.25, 0.3) is 0 Å². The zero-order valence-corrected chi connectivity index (χ0v) is 9.51. The van der Waals surface area contributed by atoms with Gasteiger partial charge >= 0.3 is 5.97 Å². The summed E-state index contributed by atoms with van der Waals surface area (Å²) in [5, 5.41) is 8.51. The summed E-state index contributed by atoms with van der Waals surface area (Å²) in [6.45, 7) is -0.313. The molecule has 0 aromatic heterocycles. The molecule has 0 aliphatic carbocycles. The molecule has 2 N–H and O–H groups in total. The van der Waals surface area contributed by atoms with E-state index in [9.17, 15) is 22.0 Å². The first kappa shape index (κ1) is 13.5. The van der Waals surface area contributed by atoms with E-state index in [4.69, 9.17) is 5.11 Å². The van der Waals surface area contributed by atoms with Gasteiger partial charge in [0.15, 0.2) is 0 Å². The normalized spacial score (nSPS) is 11.5. The number of carboxylic acid groups (broad SMARTS) is 1. The number of carbonyl (C=O) groups is 1. The molecule has 0 fully saturated rings. The van der Waals surface area contributed by atoms with Crippen molar-refractivity contribution in [2.75, 3.05) is 6.26 Å². The van der Waals surface area contributed by atoms with Crippen LogP contribution >= 0.6 is 0 Å². The number of nitrogens with one attached hydrogen (secondary N) is 1. The molecular formula is C9H9F2NO4S. The number of halogens is 2. The lowest BCUT2D eigenvalue weighted by Crippen LogP contribution is -2.21. The third-order valence-corrected chi connectivity index (χ3v) is 2.52. The van der Waals surface area contributed by atoms with Gasteiger partial charge in [0.05, 0.1) is 6.26 Å². The van der Waals surface area contributed by atoms with Gasteiger partial charge in [-0.05, 0) is 17.7 Å². The molecule has 0 heterocycles. The van der Waals surface area contributed by atoms with E-state index in [2.05, 4.69) is 0 Å². The van der Waals surface area contributed by atoms with Gasteiger partial charge in [-0.15, -0.1) is 0 Å². The van der Waals surface area contributed by atoms with Crippen molar-refractivity contribution in [2.24, 2.45) is 0 Å². The second-order valence-corrected chi connectivity index (χ2v) is 5.17. The van der Waals surface area contributed by atoms with Crippen LogP contribution in [0, 0.1) is 11.6 Å². The molecule has 0 bridgehead atoms. The quantitative estimate of drug-likeness (QED) is 0.840. The minimum atomic E-state index is -3.49. The van der Waals surface area contributed by atoms with E-state index in [0.29, 0.717) is 0 Å². The van der Waals surface area contributed by atoms with E-state index in [-0.39, 0.29) is 12.1 Å².